The highest BCUT2D eigenvalue weighted by molar-refractivity contribution is 5.55. The first-order valence-electron chi connectivity index (χ1n) is 8.79. The minimum Gasteiger partial charge on any atom is -0.386 e. The second-order valence-electron chi connectivity index (χ2n) is 7.00. The molecule has 0 radical (unpaired) electrons. The van der Waals surface area contributed by atoms with E-state index >= 15 is 0 Å². The van der Waals surface area contributed by atoms with Gasteiger partial charge in [-0.2, -0.15) is 0 Å². The average molecular weight is 311 g/mol. The number of piperidine rings is 2. The van der Waals surface area contributed by atoms with Crippen LogP contribution in [0.1, 0.15) is 32.1 Å². The summed E-state index contributed by atoms with van der Waals surface area (Å²) in [6.45, 7) is 2.92. The molecule has 0 spiro atoms. The summed E-state index contributed by atoms with van der Waals surface area (Å²) in [6.07, 6.45) is 9.44. The van der Waals surface area contributed by atoms with E-state index in [1.165, 1.54) is 12.8 Å². The Bertz CT molecular complexity index is 652. The molecule has 0 bridgehead atoms. The standard InChI is InChI=1S/C19H25N3O/c23-19(10-6-13-21-12-5-4-9-17(19)21)15-22-14-11-20-18(22)16-7-2-1-3-8-16/h1-3,7-8,11,14,17,23H,4-6,9-10,12-13,15H2/t17-,19-/m1/s1. The van der Waals surface area contributed by atoms with Gasteiger partial charge in [0.15, 0.2) is 0 Å². The minimum absolute atomic E-state index is 0.302. The van der Waals surface area contributed by atoms with Gasteiger partial charge in [0, 0.05) is 24.0 Å². The highest BCUT2D eigenvalue weighted by Gasteiger charge is 2.44. The van der Waals surface area contributed by atoms with Crippen molar-refractivity contribution >= 4 is 0 Å². The van der Waals surface area contributed by atoms with Crippen LogP contribution in [0.25, 0.3) is 11.4 Å². The Balaban J connectivity index is 1.61. The fraction of sp³-hybridized carbons (Fsp3) is 0.526. The van der Waals surface area contributed by atoms with Crippen molar-refractivity contribution in [1.29, 1.82) is 0 Å². The molecular formula is C19H25N3O. The van der Waals surface area contributed by atoms with Gasteiger partial charge in [-0.3, -0.25) is 4.90 Å². The van der Waals surface area contributed by atoms with Crippen LogP contribution in [-0.4, -0.2) is 44.3 Å². The van der Waals surface area contributed by atoms with Gasteiger partial charge in [-0.15, -0.1) is 0 Å². The molecular weight excluding hydrogens is 286 g/mol. The van der Waals surface area contributed by atoms with E-state index in [2.05, 4.69) is 26.6 Å². The van der Waals surface area contributed by atoms with Gasteiger partial charge in [0.1, 0.15) is 5.82 Å². The summed E-state index contributed by atoms with van der Waals surface area (Å²) < 4.78 is 2.13. The molecule has 0 aliphatic carbocycles. The zero-order valence-corrected chi connectivity index (χ0v) is 13.6. The molecule has 1 N–H and O–H groups in total. The molecule has 23 heavy (non-hydrogen) atoms. The Morgan fingerprint density at radius 2 is 1.96 bits per heavy atom. The van der Waals surface area contributed by atoms with Gasteiger partial charge < -0.3 is 9.67 Å². The van der Waals surface area contributed by atoms with E-state index in [4.69, 9.17) is 0 Å². The van der Waals surface area contributed by atoms with Gasteiger partial charge in [-0.1, -0.05) is 36.8 Å². The van der Waals surface area contributed by atoms with Crippen molar-refractivity contribution in [1.82, 2.24) is 14.5 Å². The molecule has 0 saturated carbocycles. The number of aliphatic hydroxyl groups is 1. The van der Waals surface area contributed by atoms with Gasteiger partial charge in [-0.05, 0) is 38.8 Å². The topological polar surface area (TPSA) is 41.3 Å². The lowest BCUT2D eigenvalue weighted by Gasteiger charge is -2.49. The van der Waals surface area contributed by atoms with Crippen LogP contribution in [0.15, 0.2) is 42.7 Å². The second kappa shape index (κ2) is 6.10. The molecule has 2 aromatic rings. The van der Waals surface area contributed by atoms with Crippen molar-refractivity contribution in [3.63, 3.8) is 0 Å². The van der Waals surface area contributed by atoms with Crippen LogP contribution < -0.4 is 0 Å². The van der Waals surface area contributed by atoms with E-state index in [1.54, 1.807) is 0 Å². The van der Waals surface area contributed by atoms with Gasteiger partial charge in [0.2, 0.25) is 0 Å². The van der Waals surface area contributed by atoms with Crippen molar-refractivity contribution in [2.45, 2.75) is 50.3 Å². The SMILES string of the molecule is O[C@@]1(Cn2ccnc2-c2ccccc2)CCCN2CCCC[C@@H]21. The molecule has 4 rings (SSSR count). The molecule has 0 amide bonds. The van der Waals surface area contributed by atoms with Gasteiger partial charge in [-0.25, -0.2) is 4.98 Å². The summed E-state index contributed by atoms with van der Waals surface area (Å²) >= 11 is 0. The Morgan fingerprint density at radius 3 is 2.83 bits per heavy atom. The lowest BCUT2D eigenvalue weighted by atomic mass is 9.79. The Labute approximate surface area is 137 Å². The molecule has 1 aromatic heterocycles. The summed E-state index contributed by atoms with van der Waals surface area (Å²) in [5.74, 6) is 0.951. The van der Waals surface area contributed by atoms with Gasteiger partial charge in [0.05, 0.1) is 12.1 Å². The maximum Gasteiger partial charge on any atom is 0.139 e. The highest BCUT2D eigenvalue weighted by atomic mass is 16.3. The normalized spacial score (nSPS) is 28.5. The molecule has 2 aliphatic heterocycles. The first-order valence-corrected chi connectivity index (χ1v) is 8.79. The van der Waals surface area contributed by atoms with Crippen LogP contribution in [-0.2, 0) is 6.54 Å². The van der Waals surface area contributed by atoms with E-state index < -0.39 is 5.60 Å². The van der Waals surface area contributed by atoms with Crippen molar-refractivity contribution in [2.75, 3.05) is 13.1 Å². The van der Waals surface area contributed by atoms with Crippen molar-refractivity contribution in [3.05, 3.63) is 42.7 Å². The molecule has 2 saturated heterocycles. The minimum atomic E-state index is -0.636. The van der Waals surface area contributed by atoms with E-state index in [0.29, 0.717) is 12.6 Å². The maximum atomic E-state index is 11.4. The van der Waals surface area contributed by atoms with Crippen LogP contribution in [0, 0.1) is 0 Å². The molecule has 2 atom stereocenters. The number of fused-ring (bicyclic) bond motifs is 1. The van der Waals surface area contributed by atoms with E-state index in [0.717, 1.165) is 43.7 Å². The van der Waals surface area contributed by atoms with E-state index in [1.807, 2.05) is 30.6 Å². The smallest absolute Gasteiger partial charge is 0.139 e. The van der Waals surface area contributed by atoms with E-state index in [-0.39, 0.29) is 0 Å². The molecule has 3 heterocycles. The summed E-state index contributed by atoms with van der Waals surface area (Å²) in [7, 11) is 0. The summed E-state index contributed by atoms with van der Waals surface area (Å²) in [4.78, 5) is 7.03. The molecule has 0 unspecified atom stereocenters. The van der Waals surface area contributed by atoms with Crippen LogP contribution in [0.5, 0.6) is 0 Å². The predicted molar refractivity (Wildman–Crippen MR) is 91.1 cm³/mol. The number of hydrogen-bond acceptors (Lipinski definition) is 3. The number of benzene rings is 1. The zero-order valence-electron chi connectivity index (χ0n) is 13.6. The van der Waals surface area contributed by atoms with Crippen molar-refractivity contribution < 1.29 is 5.11 Å². The second-order valence-corrected chi connectivity index (χ2v) is 7.00. The summed E-state index contributed by atoms with van der Waals surface area (Å²) in [6, 6.07) is 10.5. The fourth-order valence-corrected chi connectivity index (χ4v) is 4.39. The largest absolute Gasteiger partial charge is 0.386 e. The summed E-state index contributed by atoms with van der Waals surface area (Å²) in [5, 5.41) is 11.4. The van der Waals surface area contributed by atoms with E-state index in [9.17, 15) is 5.11 Å². The Hall–Kier alpha value is -1.65. The zero-order chi connectivity index (χ0) is 15.7. The Kier molecular flexibility index (Phi) is 3.95. The fourth-order valence-electron chi connectivity index (χ4n) is 4.39. The number of aromatic nitrogens is 2. The average Bonchev–Trinajstić information content (AvgIpc) is 3.04. The lowest BCUT2D eigenvalue weighted by Crippen LogP contribution is -2.60. The molecule has 2 fully saturated rings. The van der Waals surface area contributed by atoms with Crippen LogP contribution >= 0.6 is 0 Å². The molecule has 122 valence electrons. The lowest BCUT2D eigenvalue weighted by molar-refractivity contribution is -0.103. The molecule has 4 heteroatoms. The van der Waals surface area contributed by atoms with Crippen molar-refractivity contribution in [2.24, 2.45) is 0 Å². The monoisotopic (exact) mass is 311 g/mol. The molecule has 2 aliphatic rings. The third-order valence-corrected chi connectivity index (χ3v) is 5.48. The van der Waals surface area contributed by atoms with Gasteiger partial charge >= 0.3 is 0 Å². The van der Waals surface area contributed by atoms with Crippen LogP contribution in [0.2, 0.25) is 0 Å². The predicted octanol–water partition coefficient (Wildman–Crippen LogP) is 2.93. The van der Waals surface area contributed by atoms with Crippen molar-refractivity contribution in [3.8, 4) is 11.4 Å². The first-order chi connectivity index (χ1) is 11.3. The van der Waals surface area contributed by atoms with Crippen LogP contribution in [0.3, 0.4) is 0 Å². The Morgan fingerprint density at radius 1 is 1.13 bits per heavy atom. The quantitative estimate of drug-likeness (QED) is 0.947. The number of hydrogen-bond donors (Lipinski definition) is 1. The third-order valence-electron chi connectivity index (χ3n) is 5.48. The highest BCUT2D eigenvalue weighted by Crippen LogP contribution is 2.36. The number of nitrogens with zero attached hydrogens (tertiary/aromatic N) is 3. The number of rotatable bonds is 3. The maximum absolute atomic E-state index is 11.4. The molecule has 1 aromatic carbocycles. The van der Waals surface area contributed by atoms with Crippen LogP contribution in [0.4, 0.5) is 0 Å². The number of imidazole rings is 1. The summed E-state index contributed by atoms with van der Waals surface area (Å²) in [5.41, 5.74) is 0.473. The van der Waals surface area contributed by atoms with Gasteiger partial charge in [0.25, 0.3) is 0 Å². The third kappa shape index (κ3) is 2.81. The first kappa shape index (κ1) is 14.9. The molecule has 4 nitrogen and oxygen atoms in total.